The minimum absolute atomic E-state index is 0.0226. The van der Waals surface area contributed by atoms with Gasteiger partial charge in [0.05, 0.1) is 5.56 Å². The van der Waals surface area contributed by atoms with E-state index in [4.69, 9.17) is 11.6 Å². The van der Waals surface area contributed by atoms with Crippen molar-refractivity contribution in [1.29, 1.82) is 0 Å². The number of nitrogens with zero attached hydrogens (tertiary/aromatic N) is 1. The van der Waals surface area contributed by atoms with E-state index in [9.17, 15) is 13.2 Å². The zero-order chi connectivity index (χ0) is 10.5. The molecule has 0 unspecified atom stereocenters. The van der Waals surface area contributed by atoms with E-state index in [1.807, 2.05) is 0 Å². The molecule has 74 valence electrons. The lowest BCUT2D eigenvalue weighted by Crippen LogP contribution is -2.24. The predicted octanol–water partition coefficient (Wildman–Crippen LogP) is 1.11. The molecule has 0 fully saturated rings. The van der Waals surface area contributed by atoms with Crippen molar-refractivity contribution >= 4 is 27.5 Å². The molecule has 0 aromatic heterocycles. The number of carbonyl (C=O) groups is 1. The molecule has 0 N–H and O–H groups in total. The molecule has 6 heteroatoms. The Kier molecular flexibility index (Phi) is 1.84. The van der Waals surface area contributed by atoms with Crippen molar-refractivity contribution in [2.45, 2.75) is 4.90 Å². The zero-order valence-electron chi connectivity index (χ0n) is 7.19. The first-order valence-corrected chi connectivity index (χ1v) is 5.59. The van der Waals surface area contributed by atoms with Gasteiger partial charge in [0, 0.05) is 12.1 Å². The highest BCUT2D eigenvalue weighted by Crippen LogP contribution is 2.30. The van der Waals surface area contributed by atoms with E-state index in [2.05, 4.69) is 0 Å². The molecular formula is C8H6ClNO3S. The van der Waals surface area contributed by atoms with E-state index >= 15 is 0 Å². The molecule has 1 heterocycles. The molecule has 1 aromatic rings. The zero-order valence-corrected chi connectivity index (χ0v) is 8.76. The molecule has 14 heavy (non-hydrogen) atoms. The van der Waals surface area contributed by atoms with Crippen LogP contribution in [-0.4, -0.2) is 25.7 Å². The molecule has 2 rings (SSSR count). The van der Waals surface area contributed by atoms with E-state index in [1.54, 1.807) is 0 Å². The first-order valence-electron chi connectivity index (χ1n) is 3.77. The van der Waals surface area contributed by atoms with Crippen LogP contribution < -0.4 is 0 Å². The van der Waals surface area contributed by atoms with Crippen molar-refractivity contribution in [2.75, 3.05) is 7.05 Å². The topological polar surface area (TPSA) is 54.5 Å². The monoisotopic (exact) mass is 231 g/mol. The van der Waals surface area contributed by atoms with Gasteiger partial charge in [0.1, 0.15) is 4.90 Å². The van der Waals surface area contributed by atoms with Crippen LogP contribution in [0.25, 0.3) is 0 Å². The Balaban J connectivity index is 2.81. The minimum Gasteiger partial charge on any atom is -0.268 e. The average Bonchev–Trinajstić information content (AvgIpc) is 2.28. The summed E-state index contributed by atoms with van der Waals surface area (Å²) in [7, 11) is -2.40. The van der Waals surface area contributed by atoms with Gasteiger partial charge in [-0.05, 0) is 18.2 Å². The third-order valence-corrected chi connectivity index (χ3v) is 4.13. The number of rotatable bonds is 0. The Morgan fingerprint density at radius 1 is 1.36 bits per heavy atom. The summed E-state index contributed by atoms with van der Waals surface area (Å²) in [5.74, 6) is -0.539. The van der Waals surface area contributed by atoms with Crippen LogP contribution >= 0.6 is 11.6 Å². The largest absolute Gasteiger partial charge is 0.268 e. The second-order valence-electron chi connectivity index (χ2n) is 2.92. The third-order valence-electron chi connectivity index (χ3n) is 2.10. The predicted molar refractivity (Wildman–Crippen MR) is 50.7 cm³/mol. The highest BCUT2D eigenvalue weighted by atomic mass is 35.5. The smallest absolute Gasteiger partial charge is 0.268 e. The van der Waals surface area contributed by atoms with E-state index in [-0.39, 0.29) is 10.5 Å². The standard InChI is InChI=1S/C8H6ClNO3S/c1-10-8(11)6-4-5(9)2-3-7(6)14(10,12)13/h2-4H,1H3. The summed E-state index contributed by atoms with van der Waals surface area (Å²) in [5, 5.41) is 0.350. The molecular weight excluding hydrogens is 226 g/mol. The summed E-state index contributed by atoms with van der Waals surface area (Å²) in [6.45, 7) is 0. The molecule has 0 saturated carbocycles. The fourth-order valence-corrected chi connectivity index (χ4v) is 2.77. The van der Waals surface area contributed by atoms with Crippen molar-refractivity contribution in [3.8, 4) is 0 Å². The number of hydrogen-bond acceptors (Lipinski definition) is 3. The lowest BCUT2D eigenvalue weighted by atomic mass is 10.2. The van der Waals surface area contributed by atoms with Gasteiger partial charge < -0.3 is 0 Å². The quantitative estimate of drug-likeness (QED) is 0.672. The van der Waals surface area contributed by atoms with E-state index in [0.717, 1.165) is 0 Å². The van der Waals surface area contributed by atoms with Gasteiger partial charge in [-0.3, -0.25) is 4.79 Å². The highest BCUT2D eigenvalue weighted by molar-refractivity contribution is 7.90. The highest BCUT2D eigenvalue weighted by Gasteiger charge is 2.38. The number of benzene rings is 1. The Morgan fingerprint density at radius 2 is 2.00 bits per heavy atom. The summed E-state index contributed by atoms with van der Waals surface area (Å²) < 4.78 is 23.9. The number of sulfonamides is 1. The van der Waals surface area contributed by atoms with E-state index in [0.29, 0.717) is 9.33 Å². The second kappa shape index (κ2) is 2.71. The molecule has 1 aliphatic heterocycles. The number of halogens is 1. The number of carbonyl (C=O) groups excluding carboxylic acids is 1. The van der Waals surface area contributed by atoms with Crippen molar-refractivity contribution < 1.29 is 13.2 Å². The Bertz CT molecular complexity index is 523. The maximum absolute atomic E-state index is 11.6. The molecule has 0 spiro atoms. The molecule has 0 bridgehead atoms. The van der Waals surface area contributed by atoms with Crippen LogP contribution in [0.4, 0.5) is 0 Å². The Labute approximate surface area is 86.1 Å². The number of fused-ring (bicyclic) bond motifs is 1. The number of amides is 1. The first kappa shape index (κ1) is 9.48. The van der Waals surface area contributed by atoms with Crippen LogP contribution in [-0.2, 0) is 10.0 Å². The second-order valence-corrected chi connectivity index (χ2v) is 5.29. The molecule has 1 amide bonds. The van der Waals surface area contributed by atoms with E-state index in [1.165, 1.54) is 25.2 Å². The molecule has 0 radical (unpaired) electrons. The van der Waals surface area contributed by atoms with Crippen LogP contribution in [0.15, 0.2) is 23.1 Å². The summed E-state index contributed by atoms with van der Waals surface area (Å²) >= 11 is 5.66. The molecule has 0 atom stereocenters. The van der Waals surface area contributed by atoms with Gasteiger partial charge in [0.15, 0.2) is 0 Å². The summed E-state index contributed by atoms with van der Waals surface area (Å²) in [5.41, 5.74) is 0.139. The Morgan fingerprint density at radius 3 is 2.64 bits per heavy atom. The molecule has 0 aliphatic carbocycles. The normalized spacial score (nSPS) is 18.4. The average molecular weight is 232 g/mol. The van der Waals surface area contributed by atoms with Crippen LogP contribution in [0, 0.1) is 0 Å². The van der Waals surface area contributed by atoms with Crippen molar-refractivity contribution in [2.24, 2.45) is 0 Å². The fourth-order valence-electron chi connectivity index (χ4n) is 1.32. The van der Waals surface area contributed by atoms with Gasteiger partial charge in [-0.2, -0.15) is 0 Å². The summed E-state index contributed by atoms with van der Waals surface area (Å²) in [6.07, 6.45) is 0. The van der Waals surface area contributed by atoms with Gasteiger partial charge >= 0.3 is 0 Å². The van der Waals surface area contributed by atoms with Crippen LogP contribution in [0.5, 0.6) is 0 Å². The molecule has 4 nitrogen and oxygen atoms in total. The maximum atomic E-state index is 11.6. The van der Waals surface area contributed by atoms with Crippen LogP contribution in [0.2, 0.25) is 5.02 Å². The van der Waals surface area contributed by atoms with E-state index < -0.39 is 15.9 Å². The lowest BCUT2D eigenvalue weighted by Gasteiger charge is -2.05. The van der Waals surface area contributed by atoms with Crippen molar-refractivity contribution in [1.82, 2.24) is 4.31 Å². The minimum atomic E-state index is -3.63. The first-order chi connectivity index (χ1) is 6.44. The number of hydrogen-bond donors (Lipinski definition) is 0. The van der Waals surface area contributed by atoms with Crippen molar-refractivity contribution in [3.63, 3.8) is 0 Å². The van der Waals surface area contributed by atoms with Gasteiger partial charge in [-0.1, -0.05) is 11.6 Å². The van der Waals surface area contributed by atoms with Crippen LogP contribution in [0.3, 0.4) is 0 Å². The van der Waals surface area contributed by atoms with Gasteiger partial charge in [0.25, 0.3) is 15.9 Å². The van der Waals surface area contributed by atoms with Crippen molar-refractivity contribution in [3.05, 3.63) is 28.8 Å². The van der Waals surface area contributed by atoms with Gasteiger partial charge in [-0.15, -0.1) is 0 Å². The van der Waals surface area contributed by atoms with Crippen LogP contribution in [0.1, 0.15) is 10.4 Å². The van der Waals surface area contributed by atoms with Gasteiger partial charge in [-0.25, -0.2) is 12.7 Å². The van der Waals surface area contributed by atoms with Gasteiger partial charge in [0.2, 0.25) is 0 Å². The summed E-state index contributed by atoms with van der Waals surface area (Å²) in [4.78, 5) is 11.5. The third kappa shape index (κ3) is 1.06. The maximum Gasteiger partial charge on any atom is 0.268 e. The molecule has 1 aromatic carbocycles. The summed E-state index contributed by atoms with van der Waals surface area (Å²) in [6, 6.07) is 4.15. The Hall–Kier alpha value is -1.07. The SMILES string of the molecule is CN1C(=O)c2cc(Cl)ccc2S1(=O)=O. The fraction of sp³-hybridized carbons (Fsp3) is 0.125. The molecule has 1 aliphatic rings. The lowest BCUT2D eigenvalue weighted by molar-refractivity contribution is 0.0891. The molecule has 0 saturated heterocycles.